The molecule has 4 N–H and O–H groups in total. The molecule has 27 heavy (non-hydrogen) atoms. The fourth-order valence-corrected chi connectivity index (χ4v) is 5.82. The van der Waals surface area contributed by atoms with Gasteiger partial charge in [-0.2, -0.15) is 11.8 Å². The van der Waals surface area contributed by atoms with Crippen LogP contribution in [0.15, 0.2) is 12.7 Å². The molecular formula is C20H36N4O2S. The highest BCUT2D eigenvalue weighted by atomic mass is 32.2. The third kappa shape index (κ3) is 7.03. The summed E-state index contributed by atoms with van der Waals surface area (Å²) in [5.74, 6) is 1.10. The number of hydrogen-bond donors (Lipinski definition) is 4. The van der Waals surface area contributed by atoms with Crippen LogP contribution < -0.4 is 21.3 Å². The molecule has 3 amide bonds. The molecule has 2 aliphatic heterocycles. The molecule has 3 atom stereocenters. The first-order chi connectivity index (χ1) is 12.6. The lowest BCUT2D eigenvalue weighted by atomic mass is 9.86. The Labute approximate surface area is 168 Å². The molecule has 7 heteroatoms. The van der Waals surface area contributed by atoms with Crippen molar-refractivity contribution in [3.05, 3.63) is 12.7 Å². The predicted octanol–water partition coefficient (Wildman–Crippen LogP) is 2.55. The average Bonchev–Trinajstić information content (AvgIpc) is 3.07. The number of fused-ring (bicyclic) bond motifs is 1. The first-order valence-electron chi connectivity index (χ1n) is 9.97. The molecule has 0 aromatic heterocycles. The van der Waals surface area contributed by atoms with Crippen LogP contribution in [0.3, 0.4) is 0 Å². The maximum Gasteiger partial charge on any atom is 0.315 e. The van der Waals surface area contributed by atoms with Crippen LogP contribution in [-0.4, -0.2) is 52.6 Å². The summed E-state index contributed by atoms with van der Waals surface area (Å²) in [6.07, 6.45) is 6.19. The van der Waals surface area contributed by atoms with Crippen molar-refractivity contribution in [1.82, 2.24) is 21.3 Å². The number of unbranched alkanes of at least 4 members (excludes halogenated alkanes) is 1. The van der Waals surface area contributed by atoms with E-state index in [1.807, 2.05) is 17.8 Å². The molecule has 0 aliphatic carbocycles. The average molecular weight is 397 g/mol. The zero-order valence-electron chi connectivity index (χ0n) is 17.2. The monoisotopic (exact) mass is 396 g/mol. The van der Waals surface area contributed by atoms with E-state index in [1.165, 1.54) is 0 Å². The fourth-order valence-electron chi connectivity index (χ4n) is 4.27. The lowest BCUT2D eigenvalue weighted by Gasteiger charge is -2.36. The van der Waals surface area contributed by atoms with E-state index in [9.17, 15) is 9.59 Å². The van der Waals surface area contributed by atoms with Gasteiger partial charge in [-0.25, -0.2) is 4.79 Å². The van der Waals surface area contributed by atoms with Crippen LogP contribution in [0.2, 0.25) is 0 Å². The summed E-state index contributed by atoms with van der Waals surface area (Å²) >= 11 is 1.93. The highest BCUT2D eigenvalue weighted by Crippen LogP contribution is 2.33. The van der Waals surface area contributed by atoms with Gasteiger partial charge in [-0.05, 0) is 47.0 Å². The summed E-state index contributed by atoms with van der Waals surface area (Å²) in [6, 6.07) is 0.484. The van der Waals surface area contributed by atoms with Crippen molar-refractivity contribution in [1.29, 1.82) is 0 Å². The molecule has 6 nitrogen and oxygen atoms in total. The molecule has 0 spiro atoms. The van der Waals surface area contributed by atoms with Crippen molar-refractivity contribution in [2.45, 2.75) is 88.2 Å². The van der Waals surface area contributed by atoms with Gasteiger partial charge in [0.2, 0.25) is 5.91 Å². The van der Waals surface area contributed by atoms with Crippen molar-refractivity contribution in [3.63, 3.8) is 0 Å². The Kier molecular flexibility index (Phi) is 7.63. The number of hydrogen-bond acceptors (Lipinski definition) is 4. The molecule has 154 valence electrons. The zero-order chi connectivity index (χ0) is 20.1. The first kappa shape index (κ1) is 22.1. The van der Waals surface area contributed by atoms with Gasteiger partial charge in [0, 0.05) is 35.0 Å². The quantitative estimate of drug-likeness (QED) is 0.246. The van der Waals surface area contributed by atoms with E-state index in [4.69, 9.17) is 0 Å². The maximum atomic E-state index is 12.4. The molecular weight excluding hydrogens is 360 g/mol. The smallest absolute Gasteiger partial charge is 0.315 e. The number of urea groups is 1. The van der Waals surface area contributed by atoms with Crippen molar-refractivity contribution in [2.75, 3.05) is 12.3 Å². The number of carbonyl (C=O) groups is 2. The predicted molar refractivity (Wildman–Crippen MR) is 113 cm³/mol. The van der Waals surface area contributed by atoms with Gasteiger partial charge < -0.3 is 21.3 Å². The molecule has 2 heterocycles. The number of thioether (sulfide) groups is 1. The molecule has 2 saturated heterocycles. The summed E-state index contributed by atoms with van der Waals surface area (Å²) in [6.45, 7) is 12.9. The van der Waals surface area contributed by atoms with Crippen LogP contribution in [0.5, 0.6) is 0 Å². The molecule has 2 fully saturated rings. The summed E-state index contributed by atoms with van der Waals surface area (Å²) in [4.78, 5) is 23.8. The summed E-state index contributed by atoms with van der Waals surface area (Å²) in [5.41, 5.74) is -0.329. The SMILES string of the molecule is C=CCNC(C)(C)CC(C)(C)NC(=O)CCCCC1SCC2NC(=O)NC21. The van der Waals surface area contributed by atoms with Gasteiger partial charge in [0.05, 0.1) is 12.1 Å². The summed E-state index contributed by atoms with van der Waals surface area (Å²) < 4.78 is 0. The third-order valence-electron chi connectivity index (χ3n) is 5.17. The minimum absolute atomic E-state index is 0.0394. The van der Waals surface area contributed by atoms with Crippen molar-refractivity contribution in [3.8, 4) is 0 Å². The lowest BCUT2D eigenvalue weighted by Crippen LogP contribution is -2.52. The van der Waals surface area contributed by atoms with E-state index in [0.717, 1.165) is 38.0 Å². The highest BCUT2D eigenvalue weighted by molar-refractivity contribution is 8.00. The Morgan fingerprint density at radius 2 is 2.00 bits per heavy atom. The van der Waals surface area contributed by atoms with Crippen molar-refractivity contribution < 1.29 is 9.59 Å². The van der Waals surface area contributed by atoms with E-state index in [2.05, 4.69) is 55.5 Å². The topological polar surface area (TPSA) is 82.3 Å². The van der Waals surface area contributed by atoms with E-state index in [1.54, 1.807) is 0 Å². The van der Waals surface area contributed by atoms with Crippen LogP contribution in [0.4, 0.5) is 4.79 Å². The summed E-state index contributed by atoms with van der Waals surface area (Å²) in [5, 5.41) is 13.1. The molecule has 0 aromatic rings. The van der Waals surface area contributed by atoms with Crippen molar-refractivity contribution in [2.24, 2.45) is 0 Å². The molecule has 0 aromatic carbocycles. The standard InChI is InChI=1S/C20H36N4O2S/c1-6-11-21-19(2,3)13-20(4,5)24-16(25)10-8-7-9-15-17-14(12-27-15)22-18(26)23-17/h6,14-15,17,21H,1,7-13H2,2-5H3,(H,24,25)(H2,22,23,26). The Bertz CT molecular complexity index is 550. The van der Waals surface area contributed by atoms with E-state index in [0.29, 0.717) is 11.7 Å². The maximum absolute atomic E-state index is 12.4. The Morgan fingerprint density at radius 3 is 2.70 bits per heavy atom. The van der Waals surface area contributed by atoms with Crippen LogP contribution >= 0.6 is 11.8 Å². The minimum atomic E-state index is -0.261. The third-order valence-corrected chi connectivity index (χ3v) is 6.68. The van der Waals surface area contributed by atoms with E-state index >= 15 is 0 Å². The number of rotatable bonds is 11. The zero-order valence-corrected chi connectivity index (χ0v) is 18.0. The molecule has 0 radical (unpaired) electrons. The van der Waals surface area contributed by atoms with Gasteiger partial charge in [-0.15, -0.1) is 6.58 Å². The van der Waals surface area contributed by atoms with Crippen LogP contribution in [-0.2, 0) is 4.79 Å². The molecule has 0 saturated carbocycles. The normalized spacial score (nSPS) is 24.9. The second-order valence-corrected chi connectivity index (χ2v) is 10.3. The fraction of sp³-hybridized carbons (Fsp3) is 0.800. The van der Waals surface area contributed by atoms with Gasteiger partial charge in [-0.3, -0.25) is 4.79 Å². The second kappa shape index (κ2) is 9.32. The minimum Gasteiger partial charge on any atom is -0.351 e. The van der Waals surface area contributed by atoms with Gasteiger partial charge in [0.15, 0.2) is 0 Å². The van der Waals surface area contributed by atoms with E-state index < -0.39 is 0 Å². The first-order valence-corrected chi connectivity index (χ1v) is 11.0. The molecule has 2 aliphatic rings. The van der Waals surface area contributed by atoms with Crippen LogP contribution in [0, 0.1) is 0 Å². The number of amides is 3. The van der Waals surface area contributed by atoms with Crippen LogP contribution in [0.1, 0.15) is 59.8 Å². The Hall–Kier alpha value is -1.21. The lowest BCUT2D eigenvalue weighted by molar-refractivity contribution is -0.123. The Morgan fingerprint density at radius 1 is 1.26 bits per heavy atom. The van der Waals surface area contributed by atoms with Crippen LogP contribution in [0.25, 0.3) is 0 Å². The van der Waals surface area contributed by atoms with Crippen molar-refractivity contribution >= 4 is 23.7 Å². The number of carbonyl (C=O) groups excluding carboxylic acids is 2. The second-order valence-electron chi connectivity index (χ2n) is 9.03. The van der Waals surface area contributed by atoms with Gasteiger partial charge in [0.25, 0.3) is 0 Å². The van der Waals surface area contributed by atoms with Gasteiger partial charge >= 0.3 is 6.03 Å². The molecule has 2 rings (SSSR count). The molecule has 0 bridgehead atoms. The largest absolute Gasteiger partial charge is 0.351 e. The van der Waals surface area contributed by atoms with Gasteiger partial charge in [-0.1, -0.05) is 12.5 Å². The van der Waals surface area contributed by atoms with Gasteiger partial charge in [0.1, 0.15) is 0 Å². The highest BCUT2D eigenvalue weighted by Gasteiger charge is 2.42. The Balaban J connectivity index is 1.65. The number of nitrogens with one attached hydrogen (secondary N) is 4. The molecule has 3 unspecified atom stereocenters. The van der Waals surface area contributed by atoms with E-state index in [-0.39, 0.29) is 35.1 Å². The summed E-state index contributed by atoms with van der Waals surface area (Å²) in [7, 11) is 0.